The third-order valence-electron chi connectivity index (χ3n) is 2.47. The third-order valence-corrected chi connectivity index (χ3v) is 4.09. The predicted molar refractivity (Wildman–Crippen MR) is 59.7 cm³/mol. The largest absolute Gasteiger partial charge is 0.480 e. The van der Waals surface area contributed by atoms with E-state index in [1.54, 1.807) is 6.92 Å². The van der Waals surface area contributed by atoms with Crippen LogP contribution in [-0.4, -0.2) is 34.7 Å². The monoisotopic (exact) mass is 217 g/mol. The lowest BCUT2D eigenvalue weighted by molar-refractivity contribution is -0.139. The molecule has 1 unspecified atom stereocenters. The summed E-state index contributed by atoms with van der Waals surface area (Å²) >= 11 is 1.91. The van der Waals surface area contributed by atoms with Gasteiger partial charge in [-0.25, -0.2) is 0 Å². The van der Waals surface area contributed by atoms with Gasteiger partial charge in [0.05, 0.1) is 0 Å². The van der Waals surface area contributed by atoms with Gasteiger partial charge in [0.25, 0.3) is 0 Å². The third kappa shape index (κ3) is 3.50. The first-order valence-electron chi connectivity index (χ1n) is 4.97. The maximum Gasteiger partial charge on any atom is 0.320 e. The maximum absolute atomic E-state index is 10.7. The van der Waals surface area contributed by atoms with E-state index in [4.69, 9.17) is 5.11 Å². The van der Waals surface area contributed by atoms with Gasteiger partial charge in [0.1, 0.15) is 6.04 Å². The Hall–Kier alpha value is -0.220. The predicted octanol–water partition coefficient (Wildman–Crippen LogP) is 1.58. The van der Waals surface area contributed by atoms with E-state index in [1.165, 1.54) is 5.75 Å². The van der Waals surface area contributed by atoms with E-state index >= 15 is 0 Å². The highest BCUT2D eigenvalue weighted by Crippen LogP contribution is 2.33. The molecule has 0 bridgehead atoms. The van der Waals surface area contributed by atoms with Crippen LogP contribution in [0.4, 0.5) is 0 Å². The first-order valence-corrected chi connectivity index (χ1v) is 6.13. The van der Waals surface area contributed by atoms with E-state index < -0.39 is 12.0 Å². The summed E-state index contributed by atoms with van der Waals surface area (Å²) in [6.45, 7) is 6.17. The highest BCUT2D eigenvalue weighted by atomic mass is 32.2. The highest BCUT2D eigenvalue weighted by Gasteiger charge is 2.29. The molecule has 0 aromatic rings. The van der Waals surface area contributed by atoms with E-state index in [0.29, 0.717) is 11.5 Å². The van der Waals surface area contributed by atoms with Crippen molar-refractivity contribution in [3.05, 3.63) is 0 Å². The lowest BCUT2D eigenvalue weighted by atomic mass is 9.87. The molecule has 0 aliphatic carbocycles. The fraction of sp³-hybridized carbons (Fsp3) is 0.900. The molecule has 0 radical (unpaired) electrons. The molecular weight excluding hydrogens is 198 g/mol. The molecule has 14 heavy (non-hydrogen) atoms. The van der Waals surface area contributed by atoms with Gasteiger partial charge in [-0.05, 0) is 24.5 Å². The van der Waals surface area contributed by atoms with E-state index in [9.17, 15) is 4.79 Å². The molecule has 1 fully saturated rings. The zero-order valence-electron chi connectivity index (χ0n) is 9.04. The number of rotatable bonds is 3. The van der Waals surface area contributed by atoms with Crippen LogP contribution in [0.2, 0.25) is 0 Å². The lowest BCUT2D eigenvalue weighted by Gasteiger charge is -2.36. The van der Waals surface area contributed by atoms with Crippen molar-refractivity contribution in [1.82, 2.24) is 5.32 Å². The Bertz CT molecular complexity index is 218. The molecule has 1 rings (SSSR count). The molecule has 3 nitrogen and oxygen atoms in total. The van der Waals surface area contributed by atoms with Crippen molar-refractivity contribution in [1.29, 1.82) is 0 Å². The van der Waals surface area contributed by atoms with Crippen molar-refractivity contribution < 1.29 is 9.90 Å². The van der Waals surface area contributed by atoms with E-state index in [-0.39, 0.29) is 0 Å². The molecule has 4 heteroatoms. The second-order valence-electron chi connectivity index (χ2n) is 4.81. The second-order valence-corrected chi connectivity index (χ2v) is 5.84. The van der Waals surface area contributed by atoms with Crippen molar-refractivity contribution >= 4 is 17.7 Å². The number of carbonyl (C=O) groups is 1. The Morgan fingerprint density at radius 1 is 1.64 bits per heavy atom. The minimum atomic E-state index is -0.765. The Morgan fingerprint density at radius 2 is 2.29 bits per heavy atom. The summed E-state index contributed by atoms with van der Waals surface area (Å²) < 4.78 is 0. The van der Waals surface area contributed by atoms with Crippen LogP contribution < -0.4 is 5.32 Å². The molecule has 0 saturated carbocycles. The first kappa shape index (κ1) is 11.9. The minimum absolute atomic E-state index is 0.332. The van der Waals surface area contributed by atoms with Gasteiger partial charge in [0.15, 0.2) is 0 Å². The SMILES string of the molecule is C[C@@H](NC1CSCC(C)(C)C1)C(=O)O. The fourth-order valence-corrected chi connectivity index (χ4v) is 3.08. The normalized spacial score (nSPS) is 28.4. The van der Waals surface area contributed by atoms with E-state index in [1.807, 2.05) is 11.8 Å². The van der Waals surface area contributed by atoms with Gasteiger partial charge < -0.3 is 10.4 Å². The summed E-state index contributed by atoms with van der Waals surface area (Å²) in [7, 11) is 0. The van der Waals surface area contributed by atoms with Crippen molar-refractivity contribution in [2.75, 3.05) is 11.5 Å². The summed E-state index contributed by atoms with van der Waals surface area (Å²) in [5.41, 5.74) is 0.332. The van der Waals surface area contributed by atoms with Gasteiger partial charge in [-0.15, -0.1) is 0 Å². The van der Waals surface area contributed by atoms with Crippen LogP contribution in [0.25, 0.3) is 0 Å². The summed E-state index contributed by atoms with van der Waals surface area (Å²) in [6.07, 6.45) is 1.07. The summed E-state index contributed by atoms with van der Waals surface area (Å²) in [5.74, 6) is 1.44. The summed E-state index contributed by atoms with van der Waals surface area (Å²) in [5, 5.41) is 11.9. The first-order chi connectivity index (χ1) is 6.41. The smallest absolute Gasteiger partial charge is 0.320 e. The van der Waals surface area contributed by atoms with Crippen LogP contribution in [0.1, 0.15) is 27.2 Å². The minimum Gasteiger partial charge on any atom is -0.480 e. The topological polar surface area (TPSA) is 49.3 Å². The summed E-state index contributed by atoms with van der Waals surface area (Å²) in [4.78, 5) is 10.7. The van der Waals surface area contributed by atoms with Crippen LogP contribution in [0.5, 0.6) is 0 Å². The molecule has 0 amide bonds. The number of hydrogen-bond donors (Lipinski definition) is 2. The number of carboxylic acid groups (broad SMARTS) is 1. The molecule has 0 aromatic carbocycles. The standard InChI is InChI=1S/C10H19NO2S/c1-7(9(12)13)11-8-4-10(2,3)6-14-5-8/h7-8,11H,4-6H2,1-3H3,(H,12,13)/t7-,8?/m1/s1. The Labute approximate surface area is 89.6 Å². The van der Waals surface area contributed by atoms with Crippen LogP contribution >= 0.6 is 11.8 Å². The fourth-order valence-electron chi connectivity index (χ4n) is 1.79. The average molecular weight is 217 g/mol. The van der Waals surface area contributed by atoms with Crippen molar-refractivity contribution in [2.24, 2.45) is 5.41 Å². The number of carboxylic acids is 1. The average Bonchev–Trinajstić information content (AvgIpc) is 2.01. The van der Waals surface area contributed by atoms with Gasteiger partial charge >= 0.3 is 5.97 Å². The van der Waals surface area contributed by atoms with Crippen molar-refractivity contribution in [3.63, 3.8) is 0 Å². The van der Waals surface area contributed by atoms with Crippen molar-refractivity contribution in [2.45, 2.75) is 39.3 Å². The summed E-state index contributed by atoms with van der Waals surface area (Å²) in [6, 6.07) is -0.0932. The molecule has 82 valence electrons. The Morgan fingerprint density at radius 3 is 2.79 bits per heavy atom. The molecule has 0 spiro atoms. The number of aliphatic carboxylic acids is 1. The molecule has 1 saturated heterocycles. The van der Waals surface area contributed by atoms with Crippen LogP contribution in [0.3, 0.4) is 0 Å². The van der Waals surface area contributed by atoms with E-state index in [2.05, 4.69) is 19.2 Å². The molecule has 0 aromatic heterocycles. The second kappa shape index (κ2) is 4.53. The quantitative estimate of drug-likeness (QED) is 0.753. The van der Waals surface area contributed by atoms with Gasteiger partial charge in [-0.3, -0.25) is 4.79 Å². The number of hydrogen-bond acceptors (Lipinski definition) is 3. The van der Waals surface area contributed by atoms with Gasteiger partial charge in [-0.2, -0.15) is 11.8 Å². The Kier molecular flexibility index (Phi) is 3.84. The van der Waals surface area contributed by atoms with Gasteiger partial charge in [-0.1, -0.05) is 13.8 Å². The number of thioether (sulfide) groups is 1. The maximum atomic E-state index is 10.7. The molecule has 2 N–H and O–H groups in total. The highest BCUT2D eigenvalue weighted by molar-refractivity contribution is 7.99. The molecular formula is C10H19NO2S. The number of nitrogens with one attached hydrogen (secondary N) is 1. The molecule has 1 heterocycles. The molecule has 1 aliphatic rings. The molecule has 1 aliphatic heterocycles. The molecule has 2 atom stereocenters. The van der Waals surface area contributed by atoms with E-state index in [0.717, 1.165) is 12.2 Å². The van der Waals surface area contributed by atoms with Crippen LogP contribution in [-0.2, 0) is 4.79 Å². The Balaban J connectivity index is 2.42. The van der Waals surface area contributed by atoms with Crippen LogP contribution in [0.15, 0.2) is 0 Å². The zero-order valence-corrected chi connectivity index (χ0v) is 9.86. The van der Waals surface area contributed by atoms with Crippen molar-refractivity contribution in [3.8, 4) is 0 Å². The lowest BCUT2D eigenvalue weighted by Crippen LogP contribution is -2.47. The van der Waals surface area contributed by atoms with Gasteiger partial charge in [0, 0.05) is 11.8 Å². The zero-order chi connectivity index (χ0) is 10.8. The van der Waals surface area contributed by atoms with Crippen LogP contribution in [0, 0.1) is 5.41 Å². The van der Waals surface area contributed by atoms with Gasteiger partial charge in [0.2, 0.25) is 0 Å².